The number of amides is 2. The zero-order valence-corrected chi connectivity index (χ0v) is 11.9. The molecule has 110 valence electrons. The SMILES string of the molecule is CC(NC(=O)NCCc1cccc(O)c1)c1cccnc1. The van der Waals surface area contributed by atoms with Crippen LogP contribution in [0.15, 0.2) is 48.8 Å². The molecular formula is C16H19N3O2. The van der Waals surface area contributed by atoms with Crippen LogP contribution in [-0.2, 0) is 6.42 Å². The van der Waals surface area contributed by atoms with E-state index in [4.69, 9.17) is 0 Å². The van der Waals surface area contributed by atoms with Crippen LogP contribution in [0.25, 0.3) is 0 Å². The number of nitrogens with zero attached hydrogens (tertiary/aromatic N) is 1. The summed E-state index contributed by atoms with van der Waals surface area (Å²) in [6, 6.07) is 10.5. The Bertz CT molecular complexity index is 587. The highest BCUT2D eigenvalue weighted by atomic mass is 16.3. The lowest BCUT2D eigenvalue weighted by atomic mass is 10.1. The lowest BCUT2D eigenvalue weighted by molar-refractivity contribution is 0.238. The second kappa shape index (κ2) is 7.28. The molecule has 0 saturated heterocycles. The fraction of sp³-hybridized carbons (Fsp3) is 0.250. The van der Waals surface area contributed by atoms with Gasteiger partial charge >= 0.3 is 6.03 Å². The first-order valence-electron chi connectivity index (χ1n) is 6.87. The van der Waals surface area contributed by atoms with E-state index >= 15 is 0 Å². The number of pyridine rings is 1. The van der Waals surface area contributed by atoms with Crippen molar-refractivity contribution in [3.8, 4) is 5.75 Å². The molecule has 0 bridgehead atoms. The quantitative estimate of drug-likeness (QED) is 0.789. The molecule has 1 heterocycles. The number of phenolic OH excluding ortho intramolecular Hbond substituents is 1. The molecule has 0 aliphatic rings. The number of phenols is 1. The Morgan fingerprint density at radius 2 is 2.19 bits per heavy atom. The van der Waals surface area contributed by atoms with E-state index < -0.39 is 0 Å². The van der Waals surface area contributed by atoms with Crippen molar-refractivity contribution in [1.82, 2.24) is 15.6 Å². The van der Waals surface area contributed by atoms with Gasteiger partial charge in [0.1, 0.15) is 5.75 Å². The van der Waals surface area contributed by atoms with Gasteiger partial charge in [-0.1, -0.05) is 18.2 Å². The first-order valence-corrected chi connectivity index (χ1v) is 6.87. The van der Waals surface area contributed by atoms with E-state index in [9.17, 15) is 9.90 Å². The van der Waals surface area contributed by atoms with E-state index in [1.54, 1.807) is 30.6 Å². The van der Waals surface area contributed by atoms with Crippen LogP contribution in [0.5, 0.6) is 5.75 Å². The maximum Gasteiger partial charge on any atom is 0.315 e. The molecule has 2 rings (SSSR count). The summed E-state index contributed by atoms with van der Waals surface area (Å²) in [7, 11) is 0. The summed E-state index contributed by atoms with van der Waals surface area (Å²) in [5.74, 6) is 0.238. The van der Waals surface area contributed by atoms with Crippen LogP contribution in [-0.4, -0.2) is 22.7 Å². The second-order valence-corrected chi connectivity index (χ2v) is 4.83. The summed E-state index contributed by atoms with van der Waals surface area (Å²) in [5, 5.41) is 15.0. The zero-order valence-electron chi connectivity index (χ0n) is 11.9. The van der Waals surface area contributed by atoms with Crippen LogP contribution in [0.4, 0.5) is 4.79 Å². The van der Waals surface area contributed by atoms with Crippen LogP contribution in [0, 0.1) is 0 Å². The Kier molecular flexibility index (Phi) is 5.15. The summed E-state index contributed by atoms with van der Waals surface area (Å²) in [6.07, 6.45) is 4.10. The van der Waals surface area contributed by atoms with Crippen molar-refractivity contribution in [3.63, 3.8) is 0 Å². The molecule has 2 amide bonds. The molecule has 0 aliphatic heterocycles. The van der Waals surface area contributed by atoms with Crippen LogP contribution in [0.2, 0.25) is 0 Å². The summed E-state index contributed by atoms with van der Waals surface area (Å²) >= 11 is 0. The third-order valence-corrected chi connectivity index (χ3v) is 3.14. The van der Waals surface area contributed by atoms with Gasteiger partial charge in [0, 0.05) is 18.9 Å². The summed E-state index contributed by atoms with van der Waals surface area (Å²) in [4.78, 5) is 15.8. The largest absolute Gasteiger partial charge is 0.508 e. The van der Waals surface area contributed by atoms with Gasteiger partial charge < -0.3 is 15.7 Å². The number of nitrogens with one attached hydrogen (secondary N) is 2. The Balaban J connectivity index is 1.75. The lowest BCUT2D eigenvalue weighted by Gasteiger charge is -2.14. The van der Waals surface area contributed by atoms with E-state index in [1.165, 1.54) is 0 Å². The number of urea groups is 1. The fourth-order valence-electron chi connectivity index (χ4n) is 2.00. The van der Waals surface area contributed by atoms with Crippen LogP contribution in [0.3, 0.4) is 0 Å². The molecule has 0 saturated carbocycles. The predicted molar refractivity (Wildman–Crippen MR) is 81.0 cm³/mol. The molecule has 2 aromatic rings. The monoisotopic (exact) mass is 285 g/mol. The third kappa shape index (κ3) is 4.80. The van der Waals surface area contributed by atoms with E-state index in [-0.39, 0.29) is 17.8 Å². The van der Waals surface area contributed by atoms with E-state index in [1.807, 2.05) is 25.1 Å². The molecule has 5 heteroatoms. The second-order valence-electron chi connectivity index (χ2n) is 4.83. The molecule has 21 heavy (non-hydrogen) atoms. The van der Waals surface area contributed by atoms with Gasteiger partial charge in [-0.2, -0.15) is 0 Å². The number of hydrogen-bond donors (Lipinski definition) is 3. The Morgan fingerprint density at radius 1 is 1.33 bits per heavy atom. The number of aromatic nitrogens is 1. The van der Waals surface area contributed by atoms with Crippen molar-refractivity contribution in [1.29, 1.82) is 0 Å². The minimum absolute atomic E-state index is 0.0977. The highest BCUT2D eigenvalue weighted by molar-refractivity contribution is 5.74. The van der Waals surface area contributed by atoms with Gasteiger partial charge in [-0.05, 0) is 42.7 Å². The molecule has 0 fully saturated rings. The molecule has 1 atom stereocenters. The minimum atomic E-state index is -0.216. The standard InChI is InChI=1S/C16H19N3O2/c1-12(14-5-3-8-17-11-14)19-16(21)18-9-7-13-4-2-6-15(20)10-13/h2-6,8,10-12,20H,7,9H2,1H3,(H2,18,19,21). The van der Waals surface area contributed by atoms with Gasteiger partial charge in [0.05, 0.1) is 6.04 Å². The van der Waals surface area contributed by atoms with Gasteiger partial charge in [-0.15, -0.1) is 0 Å². The summed E-state index contributed by atoms with van der Waals surface area (Å²) < 4.78 is 0. The average Bonchev–Trinajstić information content (AvgIpc) is 2.48. The molecular weight excluding hydrogens is 266 g/mol. The van der Waals surface area contributed by atoms with Crippen molar-refractivity contribution in [2.24, 2.45) is 0 Å². The normalized spacial score (nSPS) is 11.7. The van der Waals surface area contributed by atoms with Crippen molar-refractivity contribution < 1.29 is 9.90 Å². The molecule has 3 N–H and O–H groups in total. The van der Waals surface area contributed by atoms with E-state index in [0.717, 1.165) is 11.1 Å². The van der Waals surface area contributed by atoms with Crippen LogP contribution < -0.4 is 10.6 Å². The van der Waals surface area contributed by atoms with Crippen molar-refractivity contribution in [3.05, 3.63) is 59.9 Å². The zero-order chi connectivity index (χ0) is 15.1. The maximum atomic E-state index is 11.8. The van der Waals surface area contributed by atoms with Crippen molar-refractivity contribution in [2.45, 2.75) is 19.4 Å². The van der Waals surface area contributed by atoms with Gasteiger partial charge in [-0.3, -0.25) is 4.98 Å². The van der Waals surface area contributed by atoms with Gasteiger partial charge in [0.25, 0.3) is 0 Å². The first kappa shape index (κ1) is 14.8. The molecule has 0 spiro atoms. The Labute approximate surface area is 124 Å². The molecule has 1 aromatic heterocycles. The van der Waals surface area contributed by atoms with Crippen LogP contribution in [0.1, 0.15) is 24.1 Å². The smallest absolute Gasteiger partial charge is 0.315 e. The number of carbonyl (C=O) groups excluding carboxylic acids is 1. The maximum absolute atomic E-state index is 11.8. The third-order valence-electron chi connectivity index (χ3n) is 3.14. The first-order chi connectivity index (χ1) is 10.1. The summed E-state index contributed by atoms with van der Waals surface area (Å²) in [5.41, 5.74) is 1.94. The van der Waals surface area contributed by atoms with E-state index in [0.29, 0.717) is 13.0 Å². The van der Waals surface area contributed by atoms with Crippen molar-refractivity contribution >= 4 is 6.03 Å². The summed E-state index contributed by atoms with van der Waals surface area (Å²) in [6.45, 7) is 2.42. The molecule has 0 aliphatic carbocycles. The minimum Gasteiger partial charge on any atom is -0.508 e. The van der Waals surface area contributed by atoms with Crippen LogP contribution >= 0.6 is 0 Å². The number of hydrogen-bond acceptors (Lipinski definition) is 3. The number of aromatic hydroxyl groups is 1. The lowest BCUT2D eigenvalue weighted by Crippen LogP contribution is -2.38. The average molecular weight is 285 g/mol. The van der Waals surface area contributed by atoms with Crippen molar-refractivity contribution in [2.75, 3.05) is 6.54 Å². The molecule has 1 aromatic carbocycles. The molecule has 0 radical (unpaired) electrons. The van der Waals surface area contributed by atoms with Gasteiger partial charge in [0.15, 0.2) is 0 Å². The number of benzene rings is 1. The number of rotatable bonds is 5. The van der Waals surface area contributed by atoms with Gasteiger partial charge in [-0.25, -0.2) is 4.79 Å². The van der Waals surface area contributed by atoms with Gasteiger partial charge in [0.2, 0.25) is 0 Å². The number of carbonyl (C=O) groups is 1. The fourth-order valence-corrected chi connectivity index (χ4v) is 2.00. The highest BCUT2D eigenvalue weighted by Gasteiger charge is 2.08. The Morgan fingerprint density at radius 3 is 2.90 bits per heavy atom. The van der Waals surface area contributed by atoms with E-state index in [2.05, 4.69) is 15.6 Å². The molecule has 5 nitrogen and oxygen atoms in total. The predicted octanol–water partition coefficient (Wildman–Crippen LogP) is 2.39. The molecule has 1 unspecified atom stereocenters. The highest BCUT2D eigenvalue weighted by Crippen LogP contribution is 2.11. The Hall–Kier alpha value is -2.56. The topological polar surface area (TPSA) is 74.2 Å².